The molecule has 3 N–H and O–H groups in total. The van der Waals surface area contributed by atoms with Gasteiger partial charge in [-0.1, -0.05) is 53.7 Å². The molecule has 1 heterocycles. The number of aliphatic hydroxyl groups is 1. The van der Waals surface area contributed by atoms with Gasteiger partial charge in [-0.15, -0.1) is 0 Å². The second-order valence-electron chi connectivity index (χ2n) is 11.8. The van der Waals surface area contributed by atoms with Crippen LogP contribution < -0.4 is 10.6 Å². The second kappa shape index (κ2) is 9.54. The van der Waals surface area contributed by atoms with Crippen LogP contribution in [0.1, 0.15) is 61.8 Å². The molecule has 182 valence electrons. The van der Waals surface area contributed by atoms with E-state index in [1.54, 1.807) is 11.9 Å². The van der Waals surface area contributed by atoms with Gasteiger partial charge in [-0.05, 0) is 37.5 Å². The molecular weight excluding hydrogens is 406 g/mol. The van der Waals surface area contributed by atoms with Crippen molar-refractivity contribution >= 4 is 17.7 Å². The number of hydrogen-bond acceptors (Lipinski definition) is 4. The van der Waals surface area contributed by atoms with Crippen molar-refractivity contribution in [1.82, 2.24) is 15.5 Å². The fourth-order valence-electron chi connectivity index (χ4n) is 5.86. The molecule has 0 radical (unpaired) electrons. The molecule has 2 aliphatic rings. The van der Waals surface area contributed by atoms with Crippen molar-refractivity contribution < 1.29 is 19.5 Å². The molecule has 7 heteroatoms. The number of allylic oxidation sites excluding steroid dienone is 1. The first-order valence-corrected chi connectivity index (χ1v) is 11.8. The fraction of sp³-hybridized carbons (Fsp3) is 0.800. The molecule has 32 heavy (non-hydrogen) atoms. The minimum Gasteiger partial charge on any atom is -0.394 e. The van der Waals surface area contributed by atoms with E-state index >= 15 is 0 Å². The Hall–Kier alpha value is -1.89. The summed E-state index contributed by atoms with van der Waals surface area (Å²) < 4.78 is 0. The van der Waals surface area contributed by atoms with Gasteiger partial charge in [-0.3, -0.25) is 14.4 Å². The van der Waals surface area contributed by atoms with Gasteiger partial charge >= 0.3 is 0 Å². The maximum Gasteiger partial charge on any atom is 0.243 e. The van der Waals surface area contributed by atoms with Crippen molar-refractivity contribution in [2.45, 2.75) is 79.4 Å². The third-order valence-corrected chi connectivity index (χ3v) is 6.77. The van der Waals surface area contributed by atoms with Gasteiger partial charge in [0.1, 0.15) is 6.04 Å². The smallest absolute Gasteiger partial charge is 0.243 e. The monoisotopic (exact) mass is 449 g/mol. The second-order valence-corrected chi connectivity index (χ2v) is 11.8. The quantitative estimate of drug-likeness (QED) is 0.520. The van der Waals surface area contributed by atoms with E-state index in [-0.39, 0.29) is 41.6 Å². The number of nitrogens with one attached hydrogen (secondary N) is 2. The van der Waals surface area contributed by atoms with Crippen molar-refractivity contribution in [3.63, 3.8) is 0 Å². The van der Waals surface area contributed by atoms with Crippen molar-refractivity contribution in [1.29, 1.82) is 0 Å². The molecule has 1 aliphatic heterocycles. The Bertz CT molecular complexity index is 753. The van der Waals surface area contributed by atoms with E-state index in [0.29, 0.717) is 0 Å². The van der Waals surface area contributed by atoms with Crippen molar-refractivity contribution in [3.8, 4) is 0 Å². The Morgan fingerprint density at radius 2 is 1.72 bits per heavy atom. The standard InChI is InChI=1S/C25H43N3O4/c1-14(2)17(12-29)28-20(22(31)27-25(7,8)13-24(4,5)6)16-11-10-15(3)18(21(30)26-9)19(16)23(28)32/h10-11,14-20,29H,12-13H2,1-9H3,(H,26,30)(H,27,31)/t15-,16+,17+,18-,19-,20+/m1/s1. The van der Waals surface area contributed by atoms with Crippen LogP contribution in [0.15, 0.2) is 12.2 Å². The zero-order chi connectivity index (χ0) is 24.6. The van der Waals surface area contributed by atoms with Gasteiger partial charge in [0.05, 0.1) is 24.5 Å². The van der Waals surface area contributed by atoms with E-state index in [1.807, 2.05) is 46.8 Å². The molecule has 6 atom stereocenters. The molecule has 0 spiro atoms. The summed E-state index contributed by atoms with van der Waals surface area (Å²) in [6, 6.07) is -1.26. The first kappa shape index (κ1) is 26.4. The Morgan fingerprint density at radius 1 is 1.12 bits per heavy atom. The Kier molecular flexibility index (Phi) is 7.86. The Balaban J connectivity index is 2.51. The average molecular weight is 450 g/mol. The highest BCUT2D eigenvalue weighted by molar-refractivity contribution is 5.97. The molecule has 3 amide bonds. The lowest BCUT2D eigenvalue weighted by molar-refractivity contribution is -0.144. The summed E-state index contributed by atoms with van der Waals surface area (Å²) in [5.74, 6) is -2.38. The summed E-state index contributed by atoms with van der Waals surface area (Å²) in [6.45, 7) is 15.9. The minimum absolute atomic E-state index is 0.0144. The molecule has 1 aliphatic carbocycles. The zero-order valence-electron chi connectivity index (χ0n) is 21.2. The van der Waals surface area contributed by atoms with Gasteiger partial charge < -0.3 is 20.6 Å². The number of nitrogens with zero attached hydrogens (tertiary/aromatic N) is 1. The average Bonchev–Trinajstić information content (AvgIpc) is 2.92. The third-order valence-electron chi connectivity index (χ3n) is 6.77. The van der Waals surface area contributed by atoms with Crippen LogP contribution in [0.25, 0.3) is 0 Å². The van der Waals surface area contributed by atoms with Gasteiger partial charge in [-0.25, -0.2) is 0 Å². The van der Waals surface area contributed by atoms with Crippen molar-refractivity contribution in [2.75, 3.05) is 13.7 Å². The maximum atomic E-state index is 13.8. The number of fused-ring (bicyclic) bond motifs is 1. The molecule has 0 aromatic carbocycles. The normalized spacial score (nSPS) is 29.2. The first-order chi connectivity index (χ1) is 14.6. The highest BCUT2D eigenvalue weighted by Crippen LogP contribution is 2.45. The van der Waals surface area contributed by atoms with Crippen LogP contribution in [-0.4, -0.2) is 59.0 Å². The molecule has 0 unspecified atom stereocenters. The number of likely N-dealkylation sites (tertiary alicyclic amines) is 1. The van der Waals surface area contributed by atoms with E-state index in [2.05, 4.69) is 31.4 Å². The molecule has 7 nitrogen and oxygen atoms in total. The zero-order valence-corrected chi connectivity index (χ0v) is 21.2. The van der Waals surface area contributed by atoms with E-state index in [1.165, 1.54) is 0 Å². The molecule has 0 bridgehead atoms. The topological polar surface area (TPSA) is 98.7 Å². The van der Waals surface area contributed by atoms with Crippen molar-refractivity contribution in [2.24, 2.45) is 35.0 Å². The predicted molar refractivity (Wildman–Crippen MR) is 125 cm³/mol. The maximum absolute atomic E-state index is 13.8. The van der Waals surface area contributed by atoms with Gasteiger partial charge in [0, 0.05) is 18.5 Å². The van der Waals surface area contributed by atoms with Crippen LogP contribution >= 0.6 is 0 Å². The lowest BCUT2D eigenvalue weighted by Crippen LogP contribution is -2.57. The molecular formula is C25H43N3O4. The van der Waals surface area contributed by atoms with Crippen LogP contribution in [0.5, 0.6) is 0 Å². The highest BCUT2D eigenvalue weighted by Gasteiger charge is 2.58. The van der Waals surface area contributed by atoms with Crippen molar-refractivity contribution in [3.05, 3.63) is 12.2 Å². The Morgan fingerprint density at radius 3 is 2.19 bits per heavy atom. The van der Waals surface area contributed by atoms with Crippen LogP contribution in [0.4, 0.5) is 0 Å². The molecule has 0 aromatic heterocycles. The minimum atomic E-state index is -0.762. The lowest BCUT2D eigenvalue weighted by Gasteiger charge is -2.39. The number of rotatable bonds is 7. The highest BCUT2D eigenvalue weighted by atomic mass is 16.3. The summed E-state index contributed by atoms with van der Waals surface area (Å²) in [5, 5.41) is 16.0. The largest absolute Gasteiger partial charge is 0.394 e. The number of carbonyl (C=O) groups is 3. The predicted octanol–water partition coefficient (Wildman–Crippen LogP) is 2.35. The summed E-state index contributed by atoms with van der Waals surface area (Å²) in [7, 11) is 1.57. The summed E-state index contributed by atoms with van der Waals surface area (Å²) in [6.07, 6.45) is 4.64. The van der Waals surface area contributed by atoms with Gasteiger partial charge in [0.15, 0.2) is 0 Å². The van der Waals surface area contributed by atoms with Crippen LogP contribution in [0.3, 0.4) is 0 Å². The third kappa shape index (κ3) is 5.36. The molecule has 0 saturated carbocycles. The molecule has 1 fully saturated rings. The summed E-state index contributed by atoms with van der Waals surface area (Å²) in [4.78, 5) is 41.8. The SMILES string of the molecule is CNC(=O)[C@H]1[C@@H]2C(=O)N([C@@H](CO)C(C)C)[C@H](C(=O)NC(C)(C)CC(C)(C)C)[C@H]2C=C[C@H]1C. The van der Waals surface area contributed by atoms with E-state index in [0.717, 1.165) is 6.42 Å². The first-order valence-electron chi connectivity index (χ1n) is 11.8. The van der Waals surface area contributed by atoms with Gasteiger partial charge in [0.2, 0.25) is 17.7 Å². The Labute approximate surface area is 193 Å². The van der Waals surface area contributed by atoms with Crippen LogP contribution in [0.2, 0.25) is 0 Å². The van der Waals surface area contributed by atoms with Gasteiger partial charge in [0.25, 0.3) is 0 Å². The molecule has 0 aromatic rings. The number of hydrogen-bond donors (Lipinski definition) is 3. The van der Waals surface area contributed by atoms with Crippen LogP contribution in [-0.2, 0) is 14.4 Å². The van der Waals surface area contributed by atoms with Crippen LogP contribution in [0, 0.1) is 35.0 Å². The number of carbonyl (C=O) groups excluding carboxylic acids is 3. The molecule has 2 rings (SSSR count). The number of aliphatic hydroxyl groups excluding tert-OH is 1. The summed E-state index contributed by atoms with van der Waals surface area (Å²) in [5.41, 5.74) is -0.457. The lowest BCUT2D eigenvalue weighted by atomic mass is 9.70. The van der Waals surface area contributed by atoms with E-state index < -0.39 is 35.4 Å². The van der Waals surface area contributed by atoms with Gasteiger partial charge in [-0.2, -0.15) is 0 Å². The summed E-state index contributed by atoms with van der Waals surface area (Å²) >= 11 is 0. The fourth-order valence-corrected chi connectivity index (χ4v) is 5.86. The van der Waals surface area contributed by atoms with E-state index in [9.17, 15) is 19.5 Å². The molecule has 1 saturated heterocycles. The number of amides is 3. The van der Waals surface area contributed by atoms with E-state index in [4.69, 9.17) is 0 Å².